The second-order valence-corrected chi connectivity index (χ2v) is 14.3. The number of amides is 3. The van der Waals surface area contributed by atoms with Crippen molar-refractivity contribution < 1.29 is 66.9 Å². The molecule has 0 saturated carbocycles. The number of anilines is 2. The minimum absolute atomic E-state index is 0.0446. The molecule has 0 spiro atoms. The summed E-state index contributed by atoms with van der Waals surface area (Å²) in [6.07, 6.45) is 2.26. The fourth-order valence-corrected chi connectivity index (χ4v) is 5.51. The van der Waals surface area contributed by atoms with Crippen molar-refractivity contribution in [2.24, 2.45) is 0 Å². The van der Waals surface area contributed by atoms with Crippen LogP contribution in [0.4, 0.5) is 11.6 Å². The predicted octanol–water partition coefficient (Wildman–Crippen LogP) is 0.0525. The van der Waals surface area contributed by atoms with E-state index in [0.29, 0.717) is 117 Å². The quantitative estimate of drug-likeness (QED) is 0.0370. The van der Waals surface area contributed by atoms with Crippen molar-refractivity contribution in [2.45, 2.75) is 45.2 Å². The molecule has 0 bridgehead atoms. The summed E-state index contributed by atoms with van der Waals surface area (Å²) in [5.74, 6) is -2.69. The number of nitrogens with two attached hydrogens (primary N) is 1. The van der Waals surface area contributed by atoms with Crippen molar-refractivity contribution in [2.75, 3.05) is 143 Å². The number of hydrogen-bond donors (Lipinski definition) is 7. The van der Waals surface area contributed by atoms with Crippen molar-refractivity contribution in [3.8, 4) is 0 Å². The van der Waals surface area contributed by atoms with Gasteiger partial charge in [-0.1, -0.05) is 6.92 Å². The molecule has 67 heavy (non-hydrogen) atoms. The summed E-state index contributed by atoms with van der Waals surface area (Å²) >= 11 is 0. The number of carboxylic acids is 1. The fourth-order valence-electron chi connectivity index (χ4n) is 5.51. The third-order valence-corrected chi connectivity index (χ3v) is 8.94. The number of aromatic amines is 1. The van der Waals surface area contributed by atoms with E-state index in [1.165, 1.54) is 18.3 Å². The number of aliphatic carboxylic acids is 1. The summed E-state index contributed by atoms with van der Waals surface area (Å²) in [7, 11) is 0. The van der Waals surface area contributed by atoms with Crippen LogP contribution in [0.2, 0.25) is 0 Å². The highest BCUT2D eigenvalue weighted by molar-refractivity contribution is 5.97. The third-order valence-electron chi connectivity index (χ3n) is 8.94. The van der Waals surface area contributed by atoms with Gasteiger partial charge in [0.05, 0.1) is 131 Å². The van der Waals surface area contributed by atoms with Crippen LogP contribution in [-0.2, 0) is 63.6 Å². The molecule has 24 heteroatoms. The van der Waals surface area contributed by atoms with Gasteiger partial charge in [0, 0.05) is 43.8 Å². The molecule has 0 aliphatic heterocycles. The molecule has 0 aliphatic carbocycles. The van der Waals surface area contributed by atoms with Gasteiger partial charge in [0.1, 0.15) is 6.04 Å². The Hall–Kier alpha value is -5.44. The maximum atomic E-state index is 12.8. The van der Waals surface area contributed by atoms with E-state index in [-0.39, 0.29) is 74.1 Å². The highest BCUT2D eigenvalue weighted by Crippen LogP contribution is 2.12. The normalized spacial score (nSPS) is 11.7. The van der Waals surface area contributed by atoms with E-state index in [2.05, 4.69) is 48.1 Å². The minimum atomic E-state index is -1.32. The first-order valence-corrected chi connectivity index (χ1v) is 22.3. The summed E-state index contributed by atoms with van der Waals surface area (Å²) in [5, 5.41) is 20.5. The molecule has 0 saturated heterocycles. The van der Waals surface area contributed by atoms with Crippen LogP contribution in [0.3, 0.4) is 0 Å². The molecule has 24 nitrogen and oxygen atoms in total. The molecule has 0 aliphatic rings. The number of rotatable bonds is 41. The van der Waals surface area contributed by atoms with E-state index >= 15 is 0 Å². The Kier molecular flexibility index (Phi) is 29.8. The van der Waals surface area contributed by atoms with Crippen LogP contribution in [0.5, 0.6) is 0 Å². The summed E-state index contributed by atoms with van der Waals surface area (Å²) in [4.78, 5) is 75.9. The Morgan fingerprint density at radius 3 is 1.60 bits per heavy atom. The Morgan fingerprint density at radius 2 is 1.12 bits per heavy atom. The van der Waals surface area contributed by atoms with Crippen molar-refractivity contribution in [1.82, 2.24) is 35.9 Å². The number of nitrogens with zero attached hydrogens (tertiary/aromatic N) is 3. The molecule has 3 amide bonds. The van der Waals surface area contributed by atoms with Gasteiger partial charge >= 0.3 is 5.97 Å². The summed E-state index contributed by atoms with van der Waals surface area (Å²) in [6, 6.07) is 4.93. The van der Waals surface area contributed by atoms with Gasteiger partial charge in [-0.3, -0.25) is 24.2 Å². The second kappa shape index (κ2) is 35.7. The van der Waals surface area contributed by atoms with Crippen molar-refractivity contribution in [1.29, 1.82) is 0 Å². The monoisotopic (exact) mass is 949 g/mol. The highest BCUT2D eigenvalue weighted by atomic mass is 16.6. The topological polar surface area (TPSA) is 317 Å². The van der Waals surface area contributed by atoms with Gasteiger partial charge < -0.3 is 74.7 Å². The second-order valence-electron chi connectivity index (χ2n) is 14.3. The van der Waals surface area contributed by atoms with Gasteiger partial charge in [0.15, 0.2) is 11.2 Å². The van der Waals surface area contributed by atoms with Gasteiger partial charge in [0.2, 0.25) is 17.8 Å². The molecule has 0 fully saturated rings. The van der Waals surface area contributed by atoms with Gasteiger partial charge in [-0.15, -0.1) is 0 Å². The summed E-state index contributed by atoms with van der Waals surface area (Å²) in [6.45, 7) is 10.9. The zero-order valence-electron chi connectivity index (χ0n) is 38.2. The molecule has 3 aromatic rings. The first-order valence-electron chi connectivity index (χ1n) is 22.3. The number of hydrogen-bond acceptors (Lipinski definition) is 19. The molecule has 1 aromatic carbocycles. The molecule has 0 unspecified atom stereocenters. The molecule has 8 N–H and O–H groups in total. The lowest BCUT2D eigenvalue weighted by molar-refractivity contribution is -0.139. The third kappa shape index (κ3) is 26.5. The van der Waals surface area contributed by atoms with Gasteiger partial charge in [-0.05, 0) is 37.1 Å². The predicted molar refractivity (Wildman–Crippen MR) is 243 cm³/mol. The standard InChI is InChI=1S/C43H67N9O15/c1-2-12-59-14-16-61-18-20-63-22-24-65-26-28-67-29-27-66-25-23-64-21-19-62-17-15-60-13-9-37(54)46-11-10-45-36(53)8-7-35(42(57)58)50-40(55)32-3-5-33(6-4-32)47-30-34-31-48-39-38(49-34)41(56)52-43(44)51-39/h3-6,31,35,47H,2,7-30H2,1H3,(H,45,53)(H,46,54)(H,50,55)(H,57,58)(H3,44,48,51,52,56)/t35-/m0/s1. The maximum absolute atomic E-state index is 12.8. The fraction of sp³-hybridized carbons (Fsp3) is 0.628. The number of carbonyl (C=O) groups excluding carboxylic acids is 3. The molecular weight excluding hydrogens is 883 g/mol. The molecule has 2 aromatic heterocycles. The average molecular weight is 950 g/mol. The van der Waals surface area contributed by atoms with Crippen molar-refractivity contribution in [3.05, 3.63) is 52.1 Å². The van der Waals surface area contributed by atoms with Crippen molar-refractivity contribution >= 4 is 46.5 Å². The molecule has 0 radical (unpaired) electrons. The smallest absolute Gasteiger partial charge is 0.326 e. The van der Waals surface area contributed by atoms with Gasteiger partial charge in [0.25, 0.3) is 11.5 Å². The van der Waals surface area contributed by atoms with E-state index < -0.39 is 29.4 Å². The minimum Gasteiger partial charge on any atom is -0.480 e. The maximum Gasteiger partial charge on any atom is 0.326 e. The number of carboxylic acid groups (broad SMARTS) is 1. The van der Waals surface area contributed by atoms with E-state index in [1.54, 1.807) is 12.1 Å². The zero-order chi connectivity index (χ0) is 48.2. The lowest BCUT2D eigenvalue weighted by atomic mass is 10.1. The summed E-state index contributed by atoms with van der Waals surface area (Å²) < 4.78 is 48.9. The van der Waals surface area contributed by atoms with Crippen LogP contribution in [0, 0.1) is 0 Å². The number of carbonyl (C=O) groups is 4. The Labute approximate surface area is 389 Å². The summed E-state index contributed by atoms with van der Waals surface area (Å²) in [5.41, 5.74) is 6.47. The molecule has 2 heterocycles. The van der Waals surface area contributed by atoms with Crippen LogP contribution in [0.15, 0.2) is 35.3 Å². The Bertz CT molecular complexity index is 1910. The van der Waals surface area contributed by atoms with E-state index in [0.717, 1.165) is 13.0 Å². The van der Waals surface area contributed by atoms with E-state index in [4.69, 9.17) is 48.4 Å². The van der Waals surface area contributed by atoms with Crippen LogP contribution >= 0.6 is 0 Å². The molecule has 374 valence electrons. The Balaban J connectivity index is 1.07. The van der Waals surface area contributed by atoms with Crippen molar-refractivity contribution in [3.63, 3.8) is 0 Å². The van der Waals surface area contributed by atoms with Crippen LogP contribution < -0.4 is 32.6 Å². The van der Waals surface area contributed by atoms with Gasteiger partial charge in [-0.2, -0.15) is 4.98 Å². The lowest BCUT2D eigenvalue weighted by Gasteiger charge is -2.15. The molecule has 3 rings (SSSR count). The highest BCUT2D eigenvalue weighted by Gasteiger charge is 2.22. The first-order chi connectivity index (χ1) is 32.7. The lowest BCUT2D eigenvalue weighted by Crippen LogP contribution is -2.42. The number of benzene rings is 1. The number of H-pyrrole nitrogens is 1. The van der Waals surface area contributed by atoms with Gasteiger partial charge in [-0.25, -0.2) is 14.8 Å². The first kappa shape index (κ1) is 55.9. The zero-order valence-corrected chi connectivity index (χ0v) is 38.2. The number of fused-ring (bicyclic) bond motifs is 1. The molecule has 1 atom stereocenters. The van der Waals surface area contributed by atoms with Crippen LogP contribution in [-0.4, -0.2) is 187 Å². The Morgan fingerprint density at radius 1 is 0.657 bits per heavy atom. The SMILES string of the molecule is CCCOCCOCCOCCOCCOCCOCCOCCOCCOCCC(=O)NCCNC(=O)CC[C@H](NC(=O)c1ccc(NCc2cnc3nc(N)[nH]c(=O)c3n2)cc1)C(=O)O. The number of nitrogen functional groups attached to an aromatic ring is 1. The van der Waals surface area contributed by atoms with Crippen LogP contribution in [0.1, 0.15) is 48.7 Å². The number of aromatic nitrogens is 4. The average Bonchev–Trinajstić information content (AvgIpc) is 3.32. The van der Waals surface area contributed by atoms with E-state index in [1.807, 2.05) is 0 Å². The largest absolute Gasteiger partial charge is 0.480 e. The number of nitrogens with one attached hydrogen (secondary N) is 5. The van der Waals surface area contributed by atoms with E-state index in [9.17, 15) is 29.1 Å². The molecular formula is C43H67N9O15. The number of ether oxygens (including phenoxy) is 9. The van der Waals surface area contributed by atoms with Crippen LogP contribution in [0.25, 0.3) is 11.2 Å².